The molecule has 0 fully saturated rings. The Morgan fingerprint density at radius 2 is 1.86 bits per heavy atom. The van der Waals surface area contributed by atoms with Crippen molar-refractivity contribution in [1.82, 2.24) is 4.72 Å². The highest BCUT2D eigenvalue weighted by Gasteiger charge is 2.25. The molecule has 0 radical (unpaired) electrons. The molecule has 1 aliphatic heterocycles. The zero-order chi connectivity index (χ0) is 25.0. The van der Waals surface area contributed by atoms with E-state index in [9.17, 15) is 17.6 Å². The van der Waals surface area contributed by atoms with Crippen molar-refractivity contribution in [3.63, 3.8) is 0 Å². The molecule has 184 valence electrons. The number of aryl methyl sites for hydroxylation is 2. The normalized spacial score (nSPS) is 15.2. The first-order valence-electron chi connectivity index (χ1n) is 11.1. The van der Waals surface area contributed by atoms with Crippen molar-refractivity contribution in [3.8, 4) is 5.75 Å². The molecule has 3 aromatic rings. The van der Waals surface area contributed by atoms with Crippen LogP contribution in [0.5, 0.6) is 5.75 Å². The van der Waals surface area contributed by atoms with Crippen molar-refractivity contribution in [3.05, 3.63) is 94.3 Å². The monoisotopic (exact) mass is 499 g/mol. The quantitative estimate of drug-likeness (QED) is 0.460. The van der Waals surface area contributed by atoms with Crippen molar-refractivity contribution in [2.45, 2.75) is 44.7 Å². The molecule has 1 heterocycles. The average Bonchev–Trinajstić information content (AvgIpc) is 2.84. The smallest absolute Gasteiger partial charge is 0.307 e. The third kappa shape index (κ3) is 6.05. The molecular formula is C26H26FNO6S. The molecule has 35 heavy (non-hydrogen) atoms. The lowest BCUT2D eigenvalue weighted by Crippen LogP contribution is -2.27. The minimum atomic E-state index is -3.75. The Balaban J connectivity index is 1.35. The third-order valence-corrected chi connectivity index (χ3v) is 7.15. The highest BCUT2D eigenvalue weighted by Crippen LogP contribution is 2.36. The minimum Gasteiger partial charge on any atom is -0.461 e. The van der Waals surface area contributed by atoms with E-state index in [0.717, 1.165) is 16.7 Å². The van der Waals surface area contributed by atoms with Gasteiger partial charge in [0.05, 0.1) is 17.9 Å². The van der Waals surface area contributed by atoms with Crippen LogP contribution in [0.2, 0.25) is 0 Å². The van der Waals surface area contributed by atoms with Gasteiger partial charge in [-0.2, -0.15) is 0 Å². The van der Waals surface area contributed by atoms with E-state index in [2.05, 4.69) is 4.72 Å². The largest absolute Gasteiger partial charge is 0.461 e. The Morgan fingerprint density at radius 3 is 2.60 bits per heavy atom. The number of nitrogens with one attached hydrogen (secondary N) is 1. The van der Waals surface area contributed by atoms with Crippen LogP contribution in [0.15, 0.2) is 65.6 Å². The van der Waals surface area contributed by atoms with E-state index in [1.165, 1.54) is 18.2 Å². The van der Waals surface area contributed by atoms with Gasteiger partial charge in [0, 0.05) is 23.2 Å². The molecule has 1 atom stereocenters. The molecule has 4 rings (SSSR count). The second kappa shape index (κ2) is 10.6. The van der Waals surface area contributed by atoms with Crippen LogP contribution in [0.1, 0.15) is 40.5 Å². The van der Waals surface area contributed by atoms with Crippen LogP contribution in [0.4, 0.5) is 4.39 Å². The van der Waals surface area contributed by atoms with Crippen LogP contribution < -0.4 is 9.46 Å². The summed E-state index contributed by atoms with van der Waals surface area (Å²) in [5.41, 5.74) is 3.53. The highest BCUT2D eigenvalue weighted by atomic mass is 32.2. The first-order valence-corrected chi connectivity index (χ1v) is 12.6. The maximum Gasteiger partial charge on any atom is 0.307 e. The van der Waals surface area contributed by atoms with Crippen LogP contribution in [0.3, 0.4) is 0 Å². The number of hydrogen-bond acceptors (Lipinski definition) is 6. The number of rotatable bonds is 8. The van der Waals surface area contributed by atoms with E-state index >= 15 is 0 Å². The fourth-order valence-corrected chi connectivity index (χ4v) is 4.76. The van der Waals surface area contributed by atoms with Gasteiger partial charge in [0.15, 0.2) is 0 Å². The number of benzene rings is 3. The van der Waals surface area contributed by atoms with Gasteiger partial charge in [-0.1, -0.05) is 36.4 Å². The Hall–Kier alpha value is -3.27. The number of esters is 1. The maximum absolute atomic E-state index is 14.1. The predicted molar refractivity (Wildman–Crippen MR) is 127 cm³/mol. The topological polar surface area (TPSA) is 90.9 Å². The first-order chi connectivity index (χ1) is 16.7. The third-order valence-electron chi connectivity index (χ3n) is 5.69. The summed E-state index contributed by atoms with van der Waals surface area (Å²) in [5.74, 6) is -0.714. The number of carbonyl (C=O) groups excluding carboxylic acids is 1. The summed E-state index contributed by atoms with van der Waals surface area (Å²) in [6.45, 7) is 3.52. The molecule has 0 aromatic heterocycles. The predicted octanol–water partition coefficient (Wildman–Crippen LogP) is 4.46. The lowest BCUT2D eigenvalue weighted by Gasteiger charge is -2.28. The van der Waals surface area contributed by atoms with E-state index in [0.29, 0.717) is 16.9 Å². The lowest BCUT2D eigenvalue weighted by molar-refractivity contribution is -0.145. The summed E-state index contributed by atoms with van der Waals surface area (Å²) in [6.07, 6.45) is -0.846. The number of ether oxygens (including phenoxy) is 3. The summed E-state index contributed by atoms with van der Waals surface area (Å²) < 4.78 is 58.4. The molecule has 0 spiro atoms. The fourth-order valence-electron chi connectivity index (χ4n) is 3.64. The van der Waals surface area contributed by atoms with Crippen LogP contribution in [-0.4, -0.2) is 20.9 Å². The van der Waals surface area contributed by atoms with Gasteiger partial charge in [-0.15, -0.1) is 0 Å². The minimum absolute atomic E-state index is 0.129. The molecule has 9 heteroatoms. The molecule has 0 saturated heterocycles. The molecule has 0 amide bonds. The molecular weight excluding hydrogens is 473 g/mol. The van der Waals surface area contributed by atoms with Crippen LogP contribution >= 0.6 is 0 Å². The van der Waals surface area contributed by atoms with Crippen molar-refractivity contribution in [1.29, 1.82) is 0 Å². The van der Waals surface area contributed by atoms with Crippen molar-refractivity contribution < 1.29 is 31.8 Å². The summed E-state index contributed by atoms with van der Waals surface area (Å²) in [5, 5.41) is 0. The van der Waals surface area contributed by atoms with Crippen molar-refractivity contribution in [2.75, 3.05) is 6.54 Å². The Morgan fingerprint density at radius 1 is 1.09 bits per heavy atom. The number of fused-ring (bicyclic) bond motifs is 1. The number of hydrogen-bond donors (Lipinski definition) is 1. The highest BCUT2D eigenvalue weighted by molar-refractivity contribution is 7.89. The number of carbonyl (C=O) groups is 1. The van der Waals surface area contributed by atoms with Gasteiger partial charge in [-0.05, 0) is 49.2 Å². The average molecular weight is 500 g/mol. The van der Waals surface area contributed by atoms with Gasteiger partial charge in [-0.25, -0.2) is 17.5 Å². The second-order valence-corrected chi connectivity index (χ2v) is 10.0. The molecule has 3 aromatic carbocycles. The van der Waals surface area contributed by atoms with Crippen molar-refractivity contribution >= 4 is 16.0 Å². The summed E-state index contributed by atoms with van der Waals surface area (Å²) in [6, 6.07) is 16.7. The number of halogens is 1. The maximum atomic E-state index is 14.1. The van der Waals surface area contributed by atoms with Crippen molar-refractivity contribution in [2.24, 2.45) is 0 Å². The molecule has 0 bridgehead atoms. The standard InChI is InChI=1S/C26H26FNO6S/c1-17-8-9-23(12-18(17)2)35(30,31)28-11-10-24(29)32-15-20-13-22(27)14-21-16-33-26(34-25(20)21)19-6-4-3-5-7-19/h3-9,12-14,26,28H,10-11,15-16H2,1-2H3. The molecule has 1 aliphatic rings. The van der Waals surface area contributed by atoms with Gasteiger partial charge in [0.25, 0.3) is 0 Å². The van der Waals surface area contributed by atoms with E-state index < -0.39 is 28.1 Å². The van der Waals surface area contributed by atoms with Crippen LogP contribution in [0.25, 0.3) is 0 Å². The van der Waals surface area contributed by atoms with Gasteiger partial charge >= 0.3 is 5.97 Å². The van der Waals surface area contributed by atoms with Gasteiger partial charge in [0.1, 0.15) is 18.2 Å². The summed E-state index contributed by atoms with van der Waals surface area (Å²) in [7, 11) is -3.75. The van der Waals surface area contributed by atoms with Gasteiger partial charge < -0.3 is 14.2 Å². The molecule has 1 N–H and O–H groups in total. The molecule has 0 saturated carbocycles. The molecule has 7 nitrogen and oxygen atoms in total. The second-order valence-electron chi connectivity index (χ2n) is 8.28. The molecule has 0 aliphatic carbocycles. The SMILES string of the molecule is Cc1ccc(S(=O)(=O)NCCC(=O)OCc2cc(F)cc3c2OC(c2ccccc2)OC3)cc1C. The van der Waals surface area contributed by atoms with Crippen LogP contribution in [0, 0.1) is 19.7 Å². The Labute approximate surface area is 203 Å². The van der Waals surface area contributed by atoms with E-state index in [-0.39, 0.29) is 31.1 Å². The fraction of sp³-hybridized carbons (Fsp3) is 0.269. The first kappa shape index (κ1) is 24.8. The van der Waals surface area contributed by atoms with Gasteiger partial charge in [0.2, 0.25) is 16.3 Å². The van der Waals surface area contributed by atoms with E-state index in [1.807, 2.05) is 44.2 Å². The van der Waals surface area contributed by atoms with E-state index in [1.54, 1.807) is 12.1 Å². The number of sulfonamides is 1. The lowest BCUT2D eigenvalue weighted by atomic mass is 10.1. The van der Waals surface area contributed by atoms with Gasteiger partial charge in [-0.3, -0.25) is 4.79 Å². The summed E-state index contributed by atoms with van der Waals surface area (Å²) >= 11 is 0. The van der Waals surface area contributed by atoms with E-state index in [4.69, 9.17) is 14.2 Å². The zero-order valence-electron chi connectivity index (χ0n) is 19.4. The Bertz CT molecular complexity index is 1330. The van der Waals surface area contributed by atoms with Crippen LogP contribution in [-0.2, 0) is 37.5 Å². The summed E-state index contributed by atoms with van der Waals surface area (Å²) in [4.78, 5) is 12.4. The molecule has 1 unspecified atom stereocenters. The zero-order valence-corrected chi connectivity index (χ0v) is 20.2. The Kier molecular flexibility index (Phi) is 7.49.